The minimum Gasteiger partial charge on any atom is -0.450 e. The number of nitrogens with zero attached hydrogens (tertiary/aromatic N) is 3. The van der Waals surface area contributed by atoms with Gasteiger partial charge in [0.15, 0.2) is 5.17 Å². The Balaban J connectivity index is 1.90. The van der Waals surface area contributed by atoms with Gasteiger partial charge in [-0.05, 0) is 13.3 Å². The molecule has 1 saturated heterocycles. The summed E-state index contributed by atoms with van der Waals surface area (Å²) in [6.07, 6.45) is 0.614. The molecule has 18 heavy (non-hydrogen) atoms. The number of hydrogen-bond acceptors (Lipinski definition) is 5. The summed E-state index contributed by atoms with van der Waals surface area (Å²) in [6.45, 7) is 5.05. The van der Waals surface area contributed by atoms with Crippen molar-refractivity contribution in [2.24, 2.45) is 4.99 Å². The molecule has 0 aromatic rings. The van der Waals surface area contributed by atoms with Gasteiger partial charge in [-0.15, -0.1) is 0 Å². The Morgan fingerprint density at radius 1 is 1.39 bits per heavy atom. The van der Waals surface area contributed by atoms with Crippen molar-refractivity contribution in [1.82, 2.24) is 9.80 Å². The second kappa shape index (κ2) is 6.08. The van der Waals surface area contributed by atoms with E-state index in [-0.39, 0.29) is 12.0 Å². The molecule has 0 aromatic carbocycles. The van der Waals surface area contributed by atoms with Crippen molar-refractivity contribution in [1.29, 1.82) is 0 Å². The Labute approximate surface area is 110 Å². The number of thioether (sulfide) groups is 1. The molecule has 6 nitrogen and oxygen atoms in total. The van der Waals surface area contributed by atoms with Crippen molar-refractivity contribution in [3.05, 3.63) is 0 Å². The number of carbonyl (C=O) groups excluding carboxylic acids is 2. The highest BCUT2D eigenvalue weighted by Crippen LogP contribution is 2.18. The lowest BCUT2D eigenvalue weighted by atomic mass is 10.4. The average molecular weight is 271 g/mol. The Morgan fingerprint density at radius 2 is 2.22 bits per heavy atom. The quantitative estimate of drug-likeness (QED) is 0.705. The van der Waals surface area contributed by atoms with Crippen molar-refractivity contribution < 1.29 is 14.3 Å². The molecule has 0 saturated carbocycles. The molecular weight excluding hydrogens is 254 g/mol. The molecule has 0 radical (unpaired) electrons. The summed E-state index contributed by atoms with van der Waals surface area (Å²) in [4.78, 5) is 30.5. The molecule has 0 N–H and O–H groups in total. The van der Waals surface area contributed by atoms with E-state index in [0.717, 1.165) is 18.1 Å². The van der Waals surface area contributed by atoms with Crippen LogP contribution >= 0.6 is 11.8 Å². The average Bonchev–Trinajstić information content (AvgIpc) is 2.65. The third-order valence-electron chi connectivity index (χ3n) is 2.84. The summed E-state index contributed by atoms with van der Waals surface area (Å²) in [6, 6.07) is 0. The summed E-state index contributed by atoms with van der Waals surface area (Å²) in [5, 5.41) is 0.797. The smallest absolute Gasteiger partial charge is 0.409 e. The molecule has 0 aromatic heterocycles. The van der Waals surface area contributed by atoms with Gasteiger partial charge in [0.05, 0.1) is 12.4 Å². The Hall–Kier alpha value is -1.24. The number of carbonyl (C=O) groups is 2. The molecule has 0 unspecified atom stereocenters. The molecule has 2 aliphatic rings. The van der Waals surface area contributed by atoms with Gasteiger partial charge >= 0.3 is 6.09 Å². The largest absolute Gasteiger partial charge is 0.450 e. The summed E-state index contributed by atoms with van der Waals surface area (Å²) < 4.78 is 4.99. The Kier molecular flexibility index (Phi) is 4.46. The van der Waals surface area contributed by atoms with E-state index < -0.39 is 0 Å². The molecule has 0 atom stereocenters. The van der Waals surface area contributed by atoms with E-state index in [9.17, 15) is 9.59 Å². The number of hydrogen-bond donors (Lipinski definition) is 0. The minimum absolute atomic E-state index is 0.0681. The Morgan fingerprint density at radius 3 is 2.89 bits per heavy atom. The van der Waals surface area contributed by atoms with Crippen LogP contribution in [0.25, 0.3) is 0 Å². The van der Waals surface area contributed by atoms with Gasteiger partial charge in [-0.3, -0.25) is 4.79 Å². The number of aliphatic imine (C=N–C) groups is 1. The molecule has 7 heteroatoms. The van der Waals surface area contributed by atoms with Crippen LogP contribution in [0.2, 0.25) is 0 Å². The van der Waals surface area contributed by atoms with Crippen LogP contribution in [0.5, 0.6) is 0 Å². The summed E-state index contributed by atoms with van der Waals surface area (Å²) in [5.41, 5.74) is 0. The molecule has 100 valence electrons. The van der Waals surface area contributed by atoms with Crippen LogP contribution in [0.4, 0.5) is 4.79 Å². The second-order valence-corrected chi connectivity index (χ2v) is 5.05. The SMILES string of the molecule is CCOC(=O)N1CCCN(C2=NC(=O)CS2)CC1. The lowest BCUT2D eigenvalue weighted by Gasteiger charge is -2.22. The number of rotatable bonds is 1. The summed E-state index contributed by atoms with van der Waals surface area (Å²) in [7, 11) is 0. The minimum atomic E-state index is -0.253. The van der Waals surface area contributed by atoms with Crippen molar-refractivity contribution in [2.45, 2.75) is 13.3 Å². The van der Waals surface area contributed by atoms with Crippen LogP contribution in [0.3, 0.4) is 0 Å². The number of amidine groups is 1. The van der Waals surface area contributed by atoms with Crippen LogP contribution in [-0.2, 0) is 9.53 Å². The molecule has 2 aliphatic heterocycles. The van der Waals surface area contributed by atoms with Crippen molar-refractivity contribution in [2.75, 3.05) is 38.5 Å². The predicted molar refractivity (Wildman–Crippen MR) is 69.7 cm³/mol. The first kappa shape index (κ1) is 13.2. The fraction of sp³-hybridized carbons (Fsp3) is 0.727. The molecule has 1 fully saturated rings. The standard InChI is InChI=1S/C11H17N3O3S/c1-2-17-11(16)14-5-3-4-13(6-7-14)10-12-9(15)8-18-10/h2-8H2,1H3. The lowest BCUT2D eigenvalue weighted by Crippen LogP contribution is -2.36. The molecular formula is C11H17N3O3S. The highest BCUT2D eigenvalue weighted by molar-refractivity contribution is 8.14. The monoisotopic (exact) mass is 271 g/mol. The molecule has 0 bridgehead atoms. The Bertz CT molecular complexity index is 373. The van der Waals surface area contributed by atoms with Gasteiger partial charge in [-0.1, -0.05) is 11.8 Å². The van der Waals surface area contributed by atoms with Crippen LogP contribution in [-0.4, -0.2) is 65.5 Å². The first-order valence-electron chi connectivity index (χ1n) is 6.11. The number of ether oxygens (including phenoxy) is 1. The first-order chi connectivity index (χ1) is 8.70. The molecule has 0 spiro atoms. The maximum atomic E-state index is 11.6. The van der Waals surface area contributed by atoms with E-state index in [2.05, 4.69) is 9.89 Å². The summed E-state index contributed by atoms with van der Waals surface area (Å²) >= 11 is 1.48. The van der Waals surface area contributed by atoms with Gasteiger partial charge in [0.1, 0.15) is 0 Å². The maximum absolute atomic E-state index is 11.6. The molecule has 0 aliphatic carbocycles. The van der Waals surface area contributed by atoms with Gasteiger partial charge in [0, 0.05) is 26.2 Å². The normalized spacial score (nSPS) is 20.7. The van der Waals surface area contributed by atoms with Gasteiger partial charge in [0.25, 0.3) is 5.91 Å². The zero-order valence-corrected chi connectivity index (χ0v) is 11.2. The molecule has 2 heterocycles. The highest BCUT2D eigenvalue weighted by atomic mass is 32.2. The van der Waals surface area contributed by atoms with E-state index in [4.69, 9.17) is 4.74 Å². The van der Waals surface area contributed by atoms with E-state index in [1.165, 1.54) is 11.8 Å². The van der Waals surface area contributed by atoms with Gasteiger partial charge in [-0.25, -0.2) is 4.79 Å². The fourth-order valence-corrected chi connectivity index (χ4v) is 2.81. The van der Waals surface area contributed by atoms with Crippen molar-refractivity contribution >= 4 is 28.9 Å². The maximum Gasteiger partial charge on any atom is 0.409 e. The van der Waals surface area contributed by atoms with Crippen LogP contribution in [0.15, 0.2) is 4.99 Å². The third-order valence-corrected chi connectivity index (χ3v) is 3.84. The molecule has 2 amide bonds. The number of amides is 2. The van der Waals surface area contributed by atoms with E-state index in [0.29, 0.717) is 32.0 Å². The zero-order chi connectivity index (χ0) is 13.0. The van der Waals surface area contributed by atoms with Crippen LogP contribution in [0, 0.1) is 0 Å². The van der Waals surface area contributed by atoms with E-state index in [1.54, 1.807) is 11.8 Å². The van der Waals surface area contributed by atoms with Crippen LogP contribution in [0.1, 0.15) is 13.3 Å². The van der Waals surface area contributed by atoms with Crippen LogP contribution < -0.4 is 0 Å². The van der Waals surface area contributed by atoms with E-state index in [1.807, 2.05) is 0 Å². The van der Waals surface area contributed by atoms with Gasteiger partial charge in [0.2, 0.25) is 0 Å². The predicted octanol–water partition coefficient (Wildman–Crippen LogP) is 0.780. The zero-order valence-electron chi connectivity index (χ0n) is 10.4. The second-order valence-electron chi connectivity index (χ2n) is 4.10. The van der Waals surface area contributed by atoms with Crippen molar-refractivity contribution in [3.63, 3.8) is 0 Å². The van der Waals surface area contributed by atoms with Gasteiger partial charge < -0.3 is 14.5 Å². The lowest BCUT2D eigenvalue weighted by molar-refractivity contribution is -0.115. The fourth-order valence-electron chi connectivity index (χ4n) is 1.97. The first-order valence-corrected chi connectivity index (χ1v) is 7.10. The molecule has 2 rings (SSSR count). The topological polar surface area (TPSA) is 62.2 Å². The highest BCUT2D eigenvalue weighted by Gasteiger charge is 2.25. The van der Waals surface area contributed by atoms with E-state index >= 15 is 0 Å². The summed E-state index contributed by atoms with van der Waals surface area (Å²) in [5.74, 6) is 0.370. The van der Waals surface area contributed by atoms with Gasteiger partial charge in [-0.2, -0.15) is 4.99 Å². The third kappa shape index (κ3) is 3.16. The van der Waals surface area contributed by atoms with Crippen molar-refractivity contribution in [3.8, 4) is 0 Å².